The van der Waals surface area contributed by atoms with Crippen molar-refractivity contribution in [2.75, 3.05) is 0 Å². The molecule has 0 amide bonds. The molecule has 0 aliphatic heterocycles. The first kappa shape index (κ1) is 20.9. The predicted octanol–water partition coefficient (Wildman–Crippen LogP) is 5.89. The molecule has 2 aromatic rings. The van der Waals surface area contributed by atoms with E-state index in [0.29, 0.717) is 17.7 Å². The van der Waals surface area contributed by atoms with Crippen LogP contribution in [-0.2, 0) is 11.8 Å². The molecule has 1 heterocycles. The van der Waals surface area contributed by atoms with E-state index in [0.717, 1.165) is 24.2 Å². The lowest BCUT2D eigenvalue weighted by molar-refractivity contribution is 0.0694. The normalized spacial score (nSPS) is 12.3. The van der Waals surface area contributed by atoms with Gasteiger partial charge in [-0.2, -0.15) is 5.10 Å². The lowest BCUT2D eigenvalue weighted by Gasteiger charge is -2.19. The van der Waals surface area contributed by atoms with Crippen molar-refractivity contribution in [3.63, 3.8) is 0 Å². The van der Waals surface area contributed by atoms with Gasteiger partial charge in [0.05, 0.1) is 17.1 Å². The third-order valence-corrected chi connectivity index (χ3v) is 4.68. The van der Waals surface area contributed by atoms with Crippen LogP contribution in [0.1, 0.15) is 87.6 Å². The second-order valence-electron chi connectivity index (χ2n) is 8.29. The number of nitrogens with zero attached hydrogens (tertiary/aromatic N) is 2. The molecule has 0 saturated heterocycles. The predicted molar refractivity (Wildman–Crippen MR) is 111 cm³/mol. The topological polar surface area (TPSA) is 55.1 Å². The lowest BCUT2D eigenvalue weighted by Crippen LogP contribution is -2.12. The van der Waals surface area contributed by atoms with Crippen LogP contribution >= 0.6 is 0 Å². The lowest BCUT2D eigenvalue weighted by atomic mass is 9.87. The molecule has 0 aliphatic carbocycles. The first-order valence-corrected chi connectivity index (χ1v) is 9.77. The Balaban J connectivity index is 2.51. The Morgan fingerprint density at radius 2 is 1.81 bits per heavy atom. The monoisotopic (exact) mass is 368 g/mol. The molecule has 4 heteroatoms. The highest BCUT2D eigenvalue weighted by molar-refractivity contribution is 5.90. The van der Waals surface area contributed by atoms with Gasteiger partial charge in [0, 0.05) is 0 Å². The molecule has 2 rings (SSSR count). The molecule has 27 heavy (non-hydrogen) atoms. The molecule has 0 bridgehead atoms. The van der Waals surface area contributed by atoms with Crippen molar-refractivity contribution in [3.05, 3.63) is 58.9 Å². The molecular weight excluding hydrogens is 336 g/mol. The number of hydrogen-bond acceptors (Lipinski definition) is 2. The molecule has 0 unspecified atom stereocenters. The molecule has 0 fully saturated rings. The van der Waals surface area contributed by atoms with Crippen LogP contribution in [0.4, 0.5) is 0 Å². The third-order valence-electron chi connectivity index (χ3n) is 4.68. The molecule has 1 N–H and O–H groups in total. The number of aromatic carboxylic acids is 1. The van der Waals surface area contributed by atoms with E-state index in [2.05, 4.69) is 52.0 Å². The van der Waals surface area contributed by atoms with Gasteiger partial charge in [0.25, 0.3) is 0 Å². The van der Waals surface area contributed by atoms with Gasteiger partial charge in [0.2, 0.25) is 0 Å². The van der Waals surface area contributed by atoms with E-state index in [1.807, 2.05) is 30.7 Å². The van der Waals surface area contributed by atoms with Crippen molar-refractivity contribution < 1.29 is 9.90 Å². The second-order valence-corrected chi connectivity index (χ2v) is 8.29. The van der Waals surface area contributed by atoms with E-state index >= 15 is 0 Å². The number of benzene rings is 1. The Labute approximate surface area is 162 Å². The van der Waals surface area contributed by atoms with Crippen LogP contribution in [-0.4, -0.2) is 20.9 Å². The zero-order valence-electron chi connectivity index (χ0n) is 17.4. The van der Waals surface area contributed by atoms with E-state index in [4.69, 9.17) is 5.10 Å². The van der Waals surface area contributed by atoms with Gasteiger partial charge >= 0.3 is 5.97 Å². The number of carbonyl (C=O) groups is 1. The Morgan fingerprint density at radius 1 is 1.19 bits per heavy atom. The van der Waals surface area contributed by atoms with E-state index in [-0.39, 0.29) is 11.3 Å². The summed E-state index contributed by atoms with van der Waals surface area (Å²) in [7, 11) is 0. The van der Waals surface area contributed by atoms with Gasteiger partial charge in [-0.15, -0.1) is 0 Å². The fraction of sp³-hybridized carbons (Fsp3) is 0.478. The summed E-state index contributed by atoms with van der Waals surface area (Å²) >= 11 is 0. The van der Waals surface area contributed by atoms with Gasteiger partial charge in [0.15, 0.2) is 0 Å². The number of rotatable bonds is 7. The number of allylic oxidation sites excluding steroid dienone is 2. The molecule has 0 radical (unpaired) electrons. The van der Waals surface area contributed by atoms with Gasteiger partial charge in [-0.3, -0.25) is 0 Å². The maximum atomic E-state index is 12.0. The molecule has 146 valence electrons. The van der Waals surface area contributed by atoms with Gasteiger partial charge in [0.1, 0.15) is 5.56 Å². The molecule has 0 atom stereocenters. The number of carboxylic acids is 1. The van der Waals surface area contributed by atoms with Crippen LogP contribution in [0.25, 0.3) is 5.69 Å². The zero-order valence-corrected chi connectivity index (χ0v) is 17.4. The summed E-state index contributed by atoms with van der Waals surface area (Å²) < 4.78 is 1.82. The molecule has 0 spiro atoms. The summed E-state index contributed by atoms with van der Waals surface area (Å²) in [4.78, 5) is 12.0. The van der Waals surface area contributed by atoms with E-state index in [1.54, 1.807) is 0 Å². The largest absolute Gasteiger partial charge is 0.478 e. The van der Waals surface area contributed by atoms with E-state index in [9.17, 15) is 9.90 Å². The highest BCUT2D eigenvalue weighted by atomic mass is 16.4. The summed E-state index contributed by atoms with van der Waals surface area (Å²) in [5, 5.41) is 14.6. The number of carboxylic acid groups (broad SMARTS) is 1. The summed E-state index contributed by atoms with van der Waals surface area (Å²) in [6, 6.07) is 8.27. The van der Waals surface area contributed by atoms with Crippen LogP contribution in [0.5, 0.6) is 0 Å². The minimum Gasteiger partial charge on any atom is -0.478 e. The van der Waals surface area contributed by atoms with Crippen molar-refractivity contribution >= 4 is 5.97 Å². The number of hydrogen-bond donors (Lipinski definition) is 1. The molecule has 1 aromatic carbocycles. The highest BCUT2D eigenvalue weighted by Gasteiger charge is 2.25. The Bertz CT molecular complexity index is 806. The number of aryl methyl sites for hydroxylation is 1. The van der Waals surface area contributed by atoms with Crippen molar-refractivity contribution in [3.8, 4) is 5.69 Å². The molecule has 0 aliphatic rings. The van der Waals surface area contributed by atoms with Crippen molar-refractivity contribution in [1.29, 1.82) is 0 Å². The van der Waals surface area contributed by atoms with E-state index < -0.39 is 5.97 Å². The van der Waals surface area contributed by atoms with Crippen LogP contribution in [0.2, 0.25) is 0 Å². The Hall–Kier alpha value is -2.36. The summed E-state index contributed by atoms with van der Waals surface area (Å²) in [5.41, 5.74) is 4.01. The average Bonchev–Trinajstić information content (AvgIpc) is 2.98. The van der Waals surface area contributed by atoms with Gasteiger partial charge in [-0.25, -0.2) is 9.48 Å². The minimum atomic E-state index is -0.897. The van der Waals surface area contributed by atoms with Crippen LogP contribution in [0.15, 0.2) is 36.4 Å². The first-order chi connectivity index (χ1) is 12.7. The average molecular weight is 369 g/mol. The maximum Gasteiger partial charge on any atom is 0.339 e. The summed E-state index contributed by atoms with van der Waals surface area (Å²) in [5.74, 6) is -0.837. The smallest absolute Gasteiger partial charge is 0.339 e. The maximum absolute atomic E-state index is 12.0. The standard InChI is InChI=1S/C23H32N2O2/c1-7-8-9-10-11-19-20(22(26)27)21(16(2)3)25(24-19)18-14-12-17(13-15-18)23(4,5)6/h8-9,12-16H,7,10-11H2,1-6H3,(H,26,27). The van der Waals surface area contributed by atoms with Crippen LogP contribution in [0, 0.1) is 0 Å². The second kappa shape index (κ2) is 8.55. The Kier molecular flexibility index (Phi) is 6.63. The molecule has 4 nitrogen and oxygen atoms in total. The van der Waals surface area contributed by atoms with Crippen molar-refractivity contribution in [1.82, 2.24) is 9.78 Å². The number of aromatic nitrogens is 2. The molecule has 0 saturated carbocycles. The van der Waals surface area contributed by atoms with E-state index in [1.165, 1.54) is 5.56 Å². The fourth-order valence-electron chi connectivity index (χ4n) is 3.22. The summed E-state index contributed by atoms with van der Waals surface area (Å²) in [6.07, 6.45) is 6.61. The fourth-order valence-corrected chi connectivity index (χ4v) is 3.22. The SMILES string of the molecule is CCC=CCCc1nn(-c2ccc(C(C)(C)C)cc2)c(C(C)C)c1C(=O)O. The molecular formula is C23H32N2O2. The summed E-state index contributed by atoms with van der Waals surface area (Å²) in [6.45, 7) is 12.7. The quantitative estimate of drug-likeness (QED) is 0.620. The minimum absolute atomic E-state index is 0.0610. The van der Waals surface area contributed by atoms with Crippen molar-refractivity contribution in [2.24, 2.45) is 0 Å². The molecule has 1 aromatic heterocycles. The Morgan fingerprint density at radius 3 is 2.30 bits per heavy atom. The van der Waals surface area contributed by atoms with Gasteiger partial charge in [-0.1, -0.05) is 65.8 Å². The van der Waals surface area contributed by atoms with Gasteiger partial charge < -0.3 is 5.11 Å². The van der Waals surface area contributed by atoms with Crippen molar-refractivity contribution in [2.45, 2.75) is 72.1 Å². The highest BCUT2D eigenvalue weighted by Crippen LogP contribution is 2.29. The van der Waals surface area contributed by atoms with Crippen LogP contribution in [0.3, 0.4) is 0 Å². The third kappa shape index (κ3) is 4.88. The zero-order chi connectivity index (χ0) is 20.2. The van der Waals surface area contributed by atoms with Gasteiger partial charge in [-0.05, 0) is 48.3 Å². The first-order valence-electron chi connectivity index (χ1n) is 9.77. The van der Waals surface area contributed by atoms with Crippen LogP contribution < -0.4 is 0 Å².